The number of carboxylic acid groups (broad SMARTS) is 1. The smallest absolute Gasteiger partial charge is 0.410 e. The number of β-lactam (4-membered cyclic amide) rings is 1. The van der Waals surface area contributed by atoms with E-state index in [9.17, 15) is 19.5 Å². The van der Waals surface area contributed by atoms with E-state index in [0.29, 0.717) is 28.6 Å². The van der Waals surface area contributed by atoms with E-state index < -0.39 is 31.7 Å². The van der Waals surface area contributed by atoms with Gasteiger partial charge < -0.3 is 24.1 Å². The number of hydrogen-bond acceptors (Lipinski definition) is 8. The van der Waals surface area contributed by atoms with Gasteiger partial charge in [0.15, 0.2) is 12.7 Å². The zero-order chi connectivity index (χ0) is 30.3. The normalized spacial score (nSPS) is 26.7. The Morgan fingerprint density at radius 3 is 2.66 bits per heavy atom. The third-order valence-corrected chi connectivity index (χ3v) is 11.1. The summed E-state index contributed by atoms with van der Waals surface area (Å²) in [5.41, 5.74) is 1.00. The number of hydrogen-bond donors (Lipinski definition) is 1. The lowest BCUT2D eigenvalue weighted by Crippen LogP contribution is -2.67. The van der Waals surface area contributed by atoms with E-state index in [1.165, 1.54) is 34.1 Å². The van der Waals surface area contributed by atoms with E-state index in [1.54, 1.807) is 11.0 Å². The van der Waals surface area contributed by atoms with Gasteiger partial charge in [-0.15, -0.1) is 17.9 Å². The lowest BCUT2D eigenvalue weighted by atomic mass is 9.68. The van der Waals surface area contributed by atoms with Crippen LogP contribution in [0.4, 0.5) is 4.79 Å². The summed E-state index contributed by atoms with van der Waals surface area (Å²) < 4.78 is 12.2. The molecule has 0 spiro atoms. The van der Waals surface area contributed by atoms with E-state index >= 15 is 0 Å². The molecule has 3 aliphatic rings. The second-order valence-electron chi connectivity index (χ2n) is 11.9. The van der Waals surface area contributed by atoms with Gasteiger partial charge >= 0.3 is 12.1 Å². The van der Waals surface area contributed by atoms with Gasteiger partial charge in [-0.2, -0.15) is 0 Å². The summed E-state index contributed by atoms with van der Waals surface area (Å²) in [6, 6.07) is -0.350. The highest BCUT2D eigenvalue weighted by molar-refractivity contribution is 8.04. The van der Waals surface area contributed by atoms with Gasteiger partial charge in [0.05, 0.1) is 30.3 Å². The Hall–Kier alpha value is -2.67. The summed E-state index contributed by atoms with van der Waals surface area (Å²) in [6.07, 6.45) is 5.85. The van der Waals surface area contributed by atoms with Gasteiger partial charge in [-0.05, 0) is 51.9 Å². The molecule has 9 nitrogen and oxygen atoms in total. The monoisotopic (exact) mass is 617 g/mol. The Morgan fingerprint density at radius 1 is 1.34 bits per heavy atom. The molecule has 2 amide bonds. The summed E-state index contributed by atoms with van der Waals surface area (Å²) in [7, 11) is -1.93. The van der Waals surface area contributed by atoms with Crippen LogP contribution in [0.2, 0.25) is 19.6 Å². The standard InChI is InChI=1S/C29H39N3O6S2Si/c1-9-13-29(5)23-21(18(4)38-41(6,7)8)25(33)32(23)22(26(34)35)24(29)40-27-30-20(16-39-27)19-12-11-17(3)31(15-19)28(36)37-14-10-2/h9-10,12,16-18,21,23H,1-2,11,13-15H2,3-8H3,(H,34,35)/t17-,18+,21+,23-,29+/m0/s1. The van der Waals surface area contributed by atoms with Gasteiger partial charge in [-0.25, -0.2) is 14.6 Å². The number of carboxylic acids is 1. The third-order valence-electron chi connectivity index (χ3n) is 7.72. The average molecular weight is 618 g/mol. The molecule has 0 bridgehead atoms. The number of aliphatic carboxylic acids is 1. The number of amides is 2. The van der Waals surface area contributed by atoms with Crippen molar-refractivity contribution in [3.8, 4) is 0 Å². The maximum atomic E-state index is 13.4. The lowest BCUT2D eigenvalue weighted by molar-refractivity contribution is -0.165. The summed E-state index contributed by atoms with van der Waals surface area (Å²) >= 11 is 2.72. The fraction of sp³-hybridized carbons (Fsp3) is 0.517. The summed E-state index contributed by atoms with van der Waals surface area (Å²) in [6.45, 7) is 20.2. The molecule has 0 saturated carbocycles. The first kappa shape index (κ1) is 31.3. The highest BCUT2D eigenvalue weighted by Crippen LogP contribution is 2.60. The van der Waals surface area contributed by atoms with Crippen LogP contribution in [0, 0.1) is 11.3 Å². The molecular formula is C29H39N3O6S2Si. The molecule has 12 heteroatoms. The molecule has 4 heterocycles. The SMILES string of the molecule is C=CCOC(=O)N1CC(c2csc(SC3=C(C(=O)O)N4C(=O)[C@H]([C@@H](C)O[Si](C)(C)C)[C@H]4[C@@]3(C)CC=C)n2)=CC[C@@H]1C. The van der Waals surface area contributed by atoms with E-state index in [4.69, 9.17) is 14.1 Å². The van der Waals surface area contributed by atoms with Crippen LogP contribution < -0.4 is 0 Å². The number of carbonyl (C=O) groups excluding carboxylic acids is 2. The zero-order valence-electron chi connectivity index (χ0n) is 24.5. The lowest BCUT2D eigenvalue weighted by Gasteiger charge is -2.52. The maximum absolute atomic E-state index is 13.4. The van der Waals surface area contributed by atoms with Crippen molar-refractivity contribution in [3.63, 3.8) is 0 Å². The van der Waals surface area contributed by atoms with Crippen molar-refractivity contribution in [2.75, 3.05) is 13.2 Å². The summed E-state index contributed by atoms with van der Waals surface area (Å²) in [5, 5.41) is 12.2. The van der Waals surface area contributed by atoms with Crippen molar-refractivity contribution < 1.29 is 28.7 Å². The fourth-order valence-electron chi connectivity index (χ4n) is 5.95. The molecule has 1 aromatic heterocycles. The van der Waals surface area contributed by atoms with E-state index in [0.717, 1.165) is 11.3 Å². The Bertz CT molecular complexity index is 1320. The van der Waals surface area contributed by atoms with Crippen molar-refractivity contribution >= 4 is 55.0 Å². The molecule has 1 fully saturated rings. The van der Waals surface area contributed by atoms with Crippen LogP contribution in [0.5, 0.6) is 0 Å². The average Bonchev–Trinajstić information content (AvgIpc) is 3.42. The van der Waals surface area contributed by atoms with Crippen LogP contribution in [0.25, 0.3) is 5.57 Å². The number of rotatable bonds is 11. The number of carbonyl (C=O) groups is 3. The molecule has 1 aromatic rings. The minimum atomic E-state index is -1.93. The molecule has 41 heavy (non-hydrogen) atoms. The van der Waals surface area contributed by atoms with Gasteiger partial charge in [0, 0.05) is 21.7 Å². The summed E-state index contributed by atoms with van der Waals surface area (Å²) in [5.74, 6) is -1.79. The maximum Gasteiger partial charge on any atom is 0.410 e. The first-order valence-electron chi connectivity index (χ1n) is 13.7. The van der Waals surface area contributed by atoms with Crippen LogP contribution in [-0.4, -0.2) is 77.5 Å². The zero-order valence-corrected chi connectivity index (χ0v) is 27.1. The van der Waals surface area contributed by atoms with E-state index in [-0.39, 0.29) is 36.4 Å². The van der Waals surface area contributed by atoms with Crippen molar-refractivity contribution in [3.05, 3.63) is 53.1 Å². The molecule has 3 aliphatic heterocycles. The first-order valence-corrected chi connectivity index (χ1v) is 18.8. The molecule has 4 rings (SSSR count). The van der Waals surface area contributed by atoms with Gasteiger partial charge in [-0.1, -0.05) is 43.5 Å². The Morgan fingerprint density at radius 2 is 2.05 bits per heavy atom. The van der Waals surface area contributed by atoms with Gasteiger partial charge in [0.1, 0.15) is 12.3 Å². The van der Waals surface area contributed by atoms with Crippen LogP contribution >= 0.6 is 23.1 Å². The number of aromatic nitrogens is 1. The molecule has 5 atom stereocenters. The largest absolute Gasteiger partial charge is 0.477 e. The van der Waals surface area contributed by atoms with Gasteiger partial charge in [0.2, 0.25) is 5.91 Å². The Kier molecular flexibility index (Phi) is 9.08. The van der Waals surface area contributed by atoms with Gasteiger partial charge in [-0.3, -0.25) is 4.79 Å². The number of allylic oxidation sites excluding steroid dienone is 1. The van der Waals surface area contributed by atoms with Crippen molar-refractivity contribution in [1.29, 1.82) is 0 Å². The van der Waals surface area contributed by atoms with Crippen molar-refractivity contribution in [2.24, 2.45) is 11.3 Å². The van der Waals surface area contributed by atoms with Crippen LogP contribution in [-0.2, 0) is 18.8 Å². The van der Waals surface area contributed by atoms with Crippen LogP contribution in [0.1, 0.15) is 39.3 Å². The molecule has 0 unspecified atom stereocenters. The molecule has 1 saturated heterocycles. The Balaban J connectivity index is 1.62. The molecule has 222 valence electrons. The minimum Gasteiger partial charge on any atom is -0.477 e. The number of ether oxygens (including phenoxy) is 1. The van der Waals surface area contributed by atoms with E-state index in [1.807, 2.05) is 26.2 Å². The summed E-state index contributed by atoms with van der Waals surface area (Å²) in [4.78, 5) is 47.1. The second-order valence-corrected chi connectivity index (χ2v) is 18.5. The number of thiazole rings is 1. The topological polar surface area (TPSA) is 109 Å². The molecular weight excluding hydrogens is 579 g/mol. The van der Waals surface area contributed by atoms with Gasteiger partial charge in [0.25, 0.3) is 0 Å². The van der Waals surface area contributed by atoms with E-state index in [2.05, 4.69) is 38.9 Å². The Labute approximate surface area is 251 Å². The van der Waals surface area contributed by atoms with Crippen LogP contribution in [0.15, 0.2) is 51.7 Å². The number of nitrogens with zero attached hydrogens (tertiary/aromatic N) is 3. The predicted molar refractivity (Wildman–Crippen MR) is 164 cm³/mol. The minimum absolute atomic E-state index is 0.00717. The number of thioether (sulfide) groups is 1. The highest BCUT2D eigenvalue weighted by Gasteiger charge is 2.66. The molecule has 1 N–H and O–H groups in total. The highest BCUT2D eigenvalue weighted by atomic mass is 32.2. The predicted octanol–water partition coefficient (Wildman–Crippen LogP) is 5.99. The van der Waals surface area contributed by atoms with Crippen molar-refractivity contribution in [2.45, 2.75) is 75.8 Å². The fourth-order valence-corrected chi connectivity index (χ4v) is 9.40. The third kappa shape index (κ3) is 5.97. The molecule has 0 aliphatic carbocycles. The molecule has 0 aromatic carbocycles. The number of fused-ring (bicyclic) bond motifs is 1. The quantitative estimate of drug-likeness (QED) is 0.183. The van der Waals surface area contributed by atoms with Crippen molar-refractivity contribution in [1.82, 2.24) is 14.8 Å². The second kappa shape index (κ2) is 11.9. The van der Waals surface area contributed by atoms with Crippen LogP contribution in [0.3, 0.4) is 0 Å². The molecule has 0 radical (unpaired) electrons. The first-order chi connectivity index (χ1) is 19.2.